The molecule has 2 aliphatic rings. The van der Waals surface area contributed by atoms with E-state index in [0.29, 0.717) is 11.6 Å². The van der Waals surface area contributed by atoms with Crippen LogP contribution in [-0.4, -0.2) is 19.1 Å². The second kappa shape index (κ2) is 4.64. The zero-order valence-electron chi connectivity index (χ0n) is 11.6. The maximum atomic E-state index is 11.5. The monoisotopic (exact) mass is 259 g/mol. The Hall–Kier alpha value is -1.35. The van der Waals surface area contributed by atoms with Gasteiger partial charge in [-0.15, -0.1) is 0 Å². The van der Waals surface area contributed by atoms with Crippen LogP contribution >= 0.6 is 0 Å². The smallest absolute Gasteiger partial charge is 0.337 e. The van der Waals surface area contributed by atoms with Crippen LogP contribution in [0.15, 0.2) is 24.3 Å². The molecule has 3 heteroatoms. The summed E-state index contributed by atoms with van der Waals surface area (Å²) >= 11 is 0. The van der Waals surface area contributed by atoms with Gasteiger partial charge in [0, 0.05) is 11.6 Å². The minimum absolute atomic E-state index is 0.136. The van der Waals surface area contributed by atoms with E-state index in [1.165, 1.54) is 38.4 Å². The van der Waals surface area contributed by atoms with Gasteiger partial charge in [-0.05, 0) is 49.3 Å². The van der Waals surface area contributed by atoms with Crippen LogP contribution in [0, 0.1) is 5.92 Å². The molecule has 2 fully saturated rings. The van der Waals surface area contributed by atoms with E-state index in [2.05, 4.69) is 24.4 Å². The van der Waals surface area contributed by atoms with Gasteiger partial charge in [-0.1, -0.05) is 19.1 Å². The molecule has 1 aromatic rings. The minimum atomic E-state index is -0.265. The highest BCUT2D eigenvalue weighted by Gasteiger charge is 2.44. The predicted octanol–water partition coefficient (Wildman–Crippen LogP) is 2.85. The third kappa shape index (κ3) is 2.16. The number of esters is 1. The van der Waals surface area contributed by atoms with Crippen LogP contribution < -0.4 is 5.32 Å². The Morgan fingerprint density at radius 2 is 2.11 bits per heavy atom. The highest BCUT2D eigenvalue weighted by molar-refractivity contribution is 5.89. The van der Waals surface area contributed by atoms with E-state index in [4.69, 9.17) is 4.74 Å². The number of nitrogens with one attached hydrogen (secondary N) is 1. The van der Waals surface area contributed by atoms with E-state index in [9.17, 15) is 4.79 Å². The highest BCUT2D eigenvalue weighted by Crippen LogP contribution is 2.45. The third-order valence-electron chi connectivity index (χ3n) is 4.64. The van der Waals surface area contributed by atoms with Gasteiger partial charge in [0.1, 0.15) is 0 Å². The lowest BCUT2D eigenvalue weighted by Crippen LogP contribution is -2.46. The topological polar surface area (TPSA) is 38.3 Å². The van der Waals surface area contributed by atoms with Crippen molar-refractivity contribution >= 4 is 5.97 Å². The summed E-state index contributed by atoms with van der Waals surface area (Å²) in [5.74, 6) is 0.507. The molecule has 0 aliphatic carbocycles. The van der Waals surface area contributed by atoms with Gasteiger partial charge in [0.05, 0.1) is 12.7 Å². The molecule has 2 bridgehead atoms. The highest BCUT2D eigenvalue weighted by atomic mass is 16.5. The van der Waals surface area contributed by atoms with Crippen LogP contribution in [0.1, 0.15) is 48.5 Å². The minimum Gasteiger partial charge on any atom is -0.465 e. The molecule has 0 aromatic heterocycles. The molecule has 0 amide bonds. The lowest BCUT2D eigenvalue weighted by molar-refractivity contribution is 0.0600. The predicted molar refractivity (Wildman–Crippen MR) is 74.0 cm³/mol. The van der Waals surface area contributed by atoms with E-state index in [-0.39, 0.29) is 11.5 Å². The zero-order chi connectivity index (χ0) is 13.5. The van der Waals surface area contributed by atoms with Crippen LogP contribution in [-0.2, 0) is 10.3 Å². The second-order valence-electron chi connectivity index (χ2n) is 6.08. The van der Waals surface area contributed by atoms with Gasteiger partial charge in [-0.25, -0.2) is 4.79 Å². The number of piperidine rings is 1. The maximum Gasteiger partial charge on any atom is 0.337 e. The van der Waals surface area contributed by atoms with Crippen molar-refractivity contribution in [3.8, 4) is 0 Å². The Morgan fingerprint density at radius 1 is 1.37 bits per heavy atom. The summed E-state index contributed by atoms with van der Waals surface area (Å²) in [6.45, 7) is 2.34. The van der Waals surface area contributed by atoms with E-state index < -0.39 is 0 Å². The molecule has 3 rings (SSSR count). The molecule has 0 spiro atoms. The quantitative estimate of drug-likeness (QED) is 0.830. The summed E-state index contributed by atoms with van der Waals surface area (Å²) in [5.41, 5.74) is 2.08. The van der Waals surface area contributed by atoms with Crippen molar-refractivity contribution in [2.75, 3.05) is 7.11 Å². The summed E-state index contributed by atoms with van der Waals surface area (Å²) in [6.07, 6.45) is 4.96. The zero-order valence-corrected chi connectivity index (χ0v) is 11.6. The fraction of sp³-hybridized carbons (Fsp3) is 0.562. The Balaban J connectivity index is 1.88. The molecule has 3 unspecified atom stereocenters. The molecule has 19 heavy (non-hydrogen) atoms. The van der Waals surface area contributed by atoms with Crippen molar-refractivity contribution in [2.45, 2.75) is 44.2 Å². The van der Waals surface area contributed by atoms with Crippen LogP contribution in [0.4, 0.5) is 0 Å². The van der Waals surface area contributed by atoms with E-state index >= 15 is 0 Å². The lowest BCUT2D eigenvalue weighted by Gasteiger charge is -2.38. The SMILES string of the molecule is COC(=O)c1ccc(C23CCC(CC(C)C2)N3)cc1. The normalized spacial score (nSPS) is 33.2. The van der Waals surface area contributed by atoms with Crippen LogP contribution in [0.3, 0.4) is 0 Å². The lowest BCUT2D eigenvalue weighted by atomic mass is 9.79. The summed E-state index contributed by atoms with van der Waals surface area (Å²) in [7, 11) is 1.42. The van der Waals surface area contributed by atoms with Crippen molar-refractivity contribution in [2.24, 2.45) is 5.92 Å². The van der Waals surface area contributed by atoms with Crippen molar-refractivity contribution in [3.63, 3.8) is 0 Å². The van der Waals surface area contributed by atoms with Gasteiger partial charge in [-0.3, -0.25) is 0 Å². The Bertz CT molecular complexity index is 482. The molecule has 0 radical (unpaired) electrons. The number of hydrogen-bond acceptors (Lipinski definition) is 3. The Labute approximate surface area is 114 Å². The molecule has 1 N–H and O–H groups in total. The van der Waals surface area contributed by atoms with Crippen molar-refractivity contribution in [1.29, 1.82) is 0 Å². The second-order valence-corrected chi connectivity index (χ2v) is 6.08. The van der Waals surface area contributed by atoms with Crippen LogP contribution in [0.5, 0.6) is 0 Å². The molecule has 3 nitrogen and oxygen atoms in total. The fourth-order valence-electron chi connectivity index (χ4n) is 3.85. The first-order chi connectivity index (χ1) is 9.13. The van der Waals surface area contributed by atoms with Gasteiger partial charge < -0.3 is 10.1 Å². The summed E-state index contributed by atoms with van der Waals surface area (Å²) in [5, 5.41) is 3.80. The third-order valence-corrected chi connectivity index (χ3v) is 4.64. The van der Waals surface area contributed by atoms with Crippen molar-refractivity contribution < 1.29 is 9.53 Å². The largest absolute Gasteiger partial charge is 0.465 e. The molecule has 0 saturated carbocycles. The van der Waals surface area contributed by atoms with E-state index in [1.807, 2.05) is 12.1 Å². The number of benzene rings is 1. The molecule has 1 aromatic carbocycles. The molecule has 3 atom stereocenters. The number of methoxy groups -OCH3 is 1. The maximum absolute atomic E-state index is 11.5. The van der Waals surface area contributed by atoms with E-state index in [1.54, 1.807) is 0 Å². The average molecular weight is 259 g/mol. The molecule has 2 heterocycles. The first kappa shape index (κ1) is 12.7. The Morgan fingerprint density at radius 3 is 2.79 bits per heavy atom. The fourth-order valence-corrected chi connectivity index (χ4v) is 3.85. The first-order valence-electron chi connectivity index (χ1n) is 7.09. The number of ether oxygens (including phenoxy) is 1. The number of carbonyl (C=O) groups is 1. The Kier molecular flexibility index (Phi) is 3.09. The summed E-state index contributed by atoms with van der Waals surface area (Å²) in [4.78, 5) is 11.5. The molecule has 102 valence electrons. The van der Waals surface area contributed by atoms with Gasteiger partial charge in [0.15, 0.2) is 0 Å². The number of rotatable bonds is 2. The first-order valence-corrected chi connectivity index (χ1v) is 7.09. The molecule has 2 saturated heterocycles. The van der Waals surface area contributed by atoms with Crippen LogP contribution in [0.25, 0.3) is 0 Å². The summed E-state index contributed by atoms with van der Waals surface area (Å²) in [6, 6.07) is 8.59. The van der Waals surface area contributed by atoms with Gasteiger partial charge in [-0.2, -0.15) is 0 Å². The molecular weight excluding hydrogens is 238 g/mol. The molecule has 2 aliphatic heterocycles. The van der Waals surface area contributed by atoms with Gasteiger partial charge in [0.2, 0.25) is 0 Å². The number of fused-ring (bicyclic) bond motifs is 2. The summed E-state index contributed by atoms with van der Waals surface area (Å²) < 4.78 is 4.74. The number of carbonyl (C=O) groups excluding carboxylic acids is 1. The standard InChI is InChI=1S/C16H21NO2/c1-11-9-14-7-8-16(10-11,17-14)13-5-3-12(4-6-13)15(18)19-2/h3-6,11,14,17H,7-10H2,1-2H3. The molecular formula is C16H21NO2. The van der Waals surface area contributed by atoms with Gasteiger partial charge >= 0.3 is 5.97 Å². The van der Waals surface area contributed by atoms with Crippen LogP contribution in [0.2, 0.25) is 0 Å². The average Bonchev–Trinajstić information content (AvgIpc) is 2.75. The van der Waals surface area contributed by atoms with Gasteiger partial charge in [0.25, 0.3) is 0 Å². The van der Waals surface area contributed by atoms with Crippen molar-refractivity contribution in [1.82, 2.24) is 5.32 Å². The van der Waals surface area contributed by atoms with E-state index in [0.717, 1.165) is 5.92 Å². The van der Waals surface area contributed by atoms with Crippen molar-refractivity contribution in [3.05, 3.63) is 35.4 Å². The number of hydrogen-bond donors (Lipinski definition) is 1.